The molecule has 0 radical (unpaired) electrons. The maximum absolute atomic E-state index is 13.0. The molecule has 0 saturated carbocycles. The fraction of sp³-hybridized carbons (Fsp3) is 0.647. The quantitative estimate of drug-likeness (QED) is 0.466. The van der Waals surface area contributed by atoms with Crippen molar-refractivity contribution in [1.82, 2.24) is 9.21 Å². The SMILES string of the molecule is CCN(CC)CCN(CC(C)C)S(=O)(=O)c1ccc([N+](=O)[O-])c(C)c1. The fourth-order valence-corrected chi connectivity index (χ4v) is 4.33. The van der Waals surface area contributed by atoms with Crippen LogP contribution in [-0.4, -0.2) is 55.3 Å². The van der Waals surface area contributed by atoms with Crippen molar-refractivity contribution in [2.45, 2.75) is 39.5 Å². The van der Waals surface area contributed by atoms with Crippen LogP contribution in [0.4, 0.5) is 5.69 Å². The Morgan fingerprint density at radius 2 is 1.76 bits per heavy atom. The molecule has 0 N–H and O–H groups in total. The predicted octanol–water partition coefficient (Wildman–Crippen LogP) is 2.89. The van der Waals surface area contributed by atoms with E-state index in [4.69, 9.17) is 0 Å². The second kappa shape index (κ2) is 9.26. The van der Waals surface area contributed by atoms with Crippen molar-refractivity contribution in [2.24, 2.45) is 5.92 Å². The molecule has 0 saturated heterocycles. The van der Waals surface area contributed by atoms with Gasteiger partial charge in [-0.3, -0.25) is 10.1 Å². The van der Waals surface area contributed by atoms with E-state index in [-0.39, 0.29) is 16.5 Å². The van der Waals surface area contributed by atoms with Crippen LogP contribution in [0.5, 0.6) is 0 Å². The highest BCUT2D eigenvalue weighted by molar-refractivity contribution is 7.89. The summed E-state index contributed by atoms with van der Waals surface area (Å²) < 4.78 is 27.5. The summed E-state index contributed by atoms with van der Waals surface area (Å²) in [6.45, 7) is 12.8. The Labute approximate surface area is 150 Å². The van der Waals surface area contributed by atoms with Gasteiger partial charge in [-0.25, -0.2) is 8.42 Å². The van der Waals surface area contributed by atoms with E-state index in [0.29, 0.717) is 25.2 Å². The fourth-order valence-electron chi connectivity index (χ4n) is 2.65. The zero-order chi connectivity index (χ0) is 19.2. The number of rotatable bonds is 10. The lowest BCUT2D eigenvalue weighted by Crippen LogP contribution is -2.40. The molecule has 1 rings (SSSR count). The minimum Gasteiger partial charge on any atom is -0.303 e. The summed E-state index contributed by atoms with van der Waals surface area (Å²) in [4.78, 5) is 12.7. The van der Waals surface area contributed by atoms with Crippen LogP contribution in [0, 0.1) is 23.0 Å². The van der Waals surface area contributed by atoms with E-state index >= 15 is 0 Å². The Morgan fingerprint density at radius 3 is 2.20 bits per heavy atom. The number of benzene rings is 1. The molecule has 0 unspecified atom stereocenters. The van der Waals surface area contributed by atoms with E-state index < -0.39 is 14.9 Å². The first kappa shape index (κ1) is 21.5. The number of sulfonamides is 1. The first-order valence-corrected chi connectivity index (χ1v) is 10.0. The number of aryl methyl sites for hydroxylation is 1. The van der Waals surface area contributed by atoms with Crippen molar-refractivity contribution in [3.8, 4) is 0 Å². The summed E-state index contributed by atoms with van der Waals surface area (Å²) in [7, 11) is -3.69. The highest BCUT2D eigenvalue weighted by Gasteiger charge is 2.27. The third-order valence-electron chi connectivity index (χ3n) is 4.13. The molecule has 1 aromatic carbocycles. The van der Waals surface area contributed by atoms with Crippen molar-refractivity contribution in [2.75, 3.05) is 32.7 Å². The standard InChI is InChI=1S/C17H29N3O4S/c1-6-18(7-2)10-11-19(13-14(3)4)25(23,24)16-8-9-17(20(21)22)15(5)12-16/h8-9,12,14H,6-7,10-11,13H2,1-5H3. The van der Waals surface area contributed by atoms with Crippen molar-refractivity contribution in [3.63, 3.8) is 0 Å². The van der Waals surface area contributed by atoms with E-state index in [1.807, 2.05) is 27.7 Å². The smallest absolute Gasteiger partial charge is 0.272 e. The summed E-state index contributed by atoms with van der Waals surface area (Å²) in [5.74, 6) is 0.186. The molecular formula is C17H29N3O4S. The molecular weight excluding hydrogens is 342 g/mol. The van der Waals surface area contributed by atoms with Gasteiger partial charge >= 0.3 is 0 Å². The molecule has 1 aromatic rings. The molecule has 0 fully saturated rings. The summed E-state index contributed by atoms with van der Waals surface area (Å²) in [6.07, 6.45) is 0. The van der Waals surface area contributed by atoms with Gasteiger partial charge in [0, 0.05) is 31.3 Å². The van der Waals surface area contributed by atoms with Gasteiger partial charge < -0.3 is 4.90 Å². The molecule has 0 heterocycles. The highest BCUT2D eigenvalue weighted by atomic mass is 32.2. The van der Waals surface area contributed by atoms with Crippen LogP contribution < -0.4 is 0 Å². The Bertz CT molecular complexity index is 685. The summed E-state index contributed by atoms with van der Waals surface area (Å²) in [5.41, 5.74) is 0.275. The van der Waals surface area contributed by atoms with Crippen molar-refractivity contribution in [1.29, 1.82) is 0 Å². The van der Waals surface area contributed by atoms with Gasteiger partial charge in [0.05, 0.1) is 9.82 Å². The average molecular weight is 372 g/mol. The van der Waals surface area contributed by atoms with Crippen LogP contribution in [0.2, 0.25) is 0 Å². The van der Waals surface area contributed by atoms with Crippen molar-refractivity contribution >= 4 is 15.7 Å². The lowest BCUT2D eigenvalue weighted by molar-refractivity contribution is -0.385. The van der Waals surface area contributed by atoms with Gasteiger partial charge in [-0.1, -0.05) is 27.7 Å². The van der Waals surface area contributed by atoms with Crippen LogP contribution in [0.1, 0.15) is 33.3 Å². The van der Waals surface area contributed by atoms with Gasteiger partial charge in [-0.05, 0) is 38.1 Å². The Kier molecular flexibility index (Phi) is 7.98. The normalized spacial score (nSPS) is 12.3. The first-order chi connectivity index (χ1) is 11.6. The minimum absolute atomic E-state index is 0.0718. The molecule has 8 heteroatoms. The van der Waals surface area contributed by atoms with E-state index in [2.05, 4.69) is 4.90 Å². The monoisotopic (exact) mass is 371 g/mol. The van der Waals surface area contributed by atoms with E-state index in [9.17, 15) is 18.5 Å². The largest absolute Gasteiger partial charge is 0.303 e. The number of hydrogen-bond donors (Lipinski definition) is 0. The molecule has 0 amide bonds. The number of nitro groups is 1. The third-order valence-corrected chi connectivity index (χ3v) is 5.99. The molecule has 0 bridgehead atoms. The minimum atomic E-state index is -3.69. The average Bonchev–Trinajstić information content (AvgIpc) is 2.53. The highest BCUT2D eigenvalue weighted by Crippen LogP contribution is 2.24. The number of nitro benzene ring substituents is 1. The van der Waals surface area contributed by atoms with Gasteiger partial charge in [-0.2, -0.15) is 4.31 Å². The van der Waals surface area contributed by atoms with E-state index in [0.717, 1.165) is 13.1 Å². The van der Waals surface area contributed by atoms with Gasteiger partial charge in [0.2, 0.25) is 10.0 Å². The maximum atomic E-state index is 13.0. The van der Waals surface area contributed by atoms with Crippen LogP contribution in [-0.2, 0) is 10.0 Å². The predicted molar refractivity (Wildman–Crippen MR) is 99.2 cm³/mol. The van der Waals surface area contributed by atoms with Crippen LogP contribution >= 0.6 is 0 Å². The number of nitrogens with zero attached hydrogens (tertiary/aromatic N) is 3. The molecule has 0 atom stereocenters. The van der Waals surface area contributed by atoms with Gasteiger partial charge in [0.1, 0.15) is 0 Å². The van der Waals surface area contributed by atoms with E-state index in [1.165, 1.54) is 22.5 Å². The molecule has 0 aromatic heterocycles. The molecule has 0 aliphatic rings. The zero-order valence-electron chi connectivity index (χ0n) is 15.7. The van der Waals surface area contributed by atoms with Crippen molar-refractivity contribution in [3.05, 3.63) is 33.9 Å². The molecule has 7 nitrogen and oxygen atoms in total. The van der Waals surface area contributed by atoms with Crippen molar-refractivity contribution < 1.29 is 13.3 Å². The summed E-state index contributed by atoms with van der Waals surface area (Å²) in [6, 6.07) is 3.98. The van der Waals surface area contributed by atoms with Crippen LogP contribution in [0.3, 0.4) is 0 Å². The Hall–Kier alpha value is -1.51. The molecule has 0 aliphatic heterocycles. The first-order valence-electron chi connectivity index (χ1n) is 8.61. The lowest BCUT2D eigenvalue weighted by Gasteiger charge is -2.27. The summed E-state index contributed by atoms with van der Waals surface area (Å²) in [5, 5.41) is 10.9. The molecule has 0 spiro atoms. The zero-order valence-corrected chi connectivity index (χ0v) is 16.5. The second-order valence-corrected chi connectivity index (χ2v) is 8.43. The molecule has 142 valence electrons. The Balaban J connectivity index is 3.14. The lowest BCUT2D eigenvalue weighted by atomic mass is 10.2. The van der Waals surface area contributed by atoms with Gasteiger partial charge in [-0.15, -0.1) is 0 Å². The van der Waals surface area contributed by atoms with Gasteiger partial charge in [0.15, 0.2) is 0 Å². The summed E-state index contributed by atoms with van der Waals surface area (Å²) >= 11 is 0. The molecule has 0 aliphatic carbocycles. The topological polar surface area (TPSA) is 83.8 Å². The van der Waals surface area contributed by atoms with E-state index in [1.54, 1.807) is 6.92 Å². The third kappa shape index (κ3) is 5.76. The van der Waals surface area contributed by atoms with Crippen LogP contribution in [0.25, 0.3) is 0 Å². The Morgan fingerprint density at radius 1 is 1.16 bits per heavy atom. The number of likely N-dealkylation sites (N-methyl/N-ethyl adjacent to an activating group) is 1. The molecule has 25 heavy (non-hydrogen) atoms. The maximum Gasteiger partial charge on any atom is 0.272 e. The van der Waals surface area contributed by atoms with Crippen LogP contribution in [0.15, 0.2) is 23.1 Å². The van der Waals surface area contributed by atoms with Gasteiger partial charge in [0.25, 0.3) is 5.69 Å². The number of hydrogen-bond acceptors (Lipinski definition) is 5. The second-order valence-electron chi connectivity index (χ2n) is 6.49.